The number of amides is 1. The third-order valence-corrected chi connectivity index (χ3v) is 4.90. The van der Waals surface area contributed by atoms with Gasteiger partial charge in [0.15, 0.2) is 0 Å². The summed E-state index contributed by atoms with van der Waals surface area (Å²) in [6.07, 6.45) is 7.14. The molecule has 0 radical (unpaired) electrons. The molecule has 0 saturated carbocycles. The van der Waals surface area contributed by atoms with Crippen molar-refractivity contribution in [3.8, 4) is 17.1 Å². The van der Waals surface area contributed by atoms with Crippen molar-refractivity contribution in [2.45, 2.75) is 13.3 Å². The van der Waals surface area contributed by atoms with Crippen molar-refractivity contribution in [1.82, 2.24) is 19.9 Å². The number of pyridine rings is 2. The quantitative estimate of drug-likeness (QED) is 0.323. The van der Waals surface area contributed by atoms with Gasteiger partial charge in [-0.1, -0.05) is 6.07 Å². The number of aryl methyl sites for hydroxylation is 1. The molecule has 0 saturated heterocycles. The zero-order chi connectivity index (χ0) is 23.8. The predicted molar refractivity (Wildman–Crippen MR) is 129 cm³/mol. The summed E-state index contributed by atoms with van der Waals surface area (Å²) in [5, 5.41) is 15.0. The fourth-order valence-electron chi connectivity index (χ4n) is 3.12. The molecular formula is C25H24N6O3. The summed E-state index contributed by atoms with van der Waals surface area (Å²) < 4.78 is 5.45. The summed E-state index contributed by atoms with van der Waals surface area (Å²) >= 11 is 0. The van der Waals surface area contributed by atoms with E-state index in [9.17, 15) is 4.79 Å². The van der Waals surface area contributed by atoms with Crippen molar-refractivity contribution in [2.75, 3.05) is 23.8 Å². The second-order valence-electron chi connectivity index (χ2n) is 7.42. The van der Waals surface area contributed by atoms with E-state index in [-0.39, 0.29) is 12.5 Å². The number of aliphatic hydroxyl groups is 1. The molecule has 0 spiro atoms. The van der Waals surface area contributed by atoms with Gasteiger partial charge in [0.2, 0.25) is 11.8 Å². The molecule has 34 heavy (non-hydrogen) atoms. The molecule has 0 aliphatic carbocycles. The Morgan fingerprint density at radius 3 is 2.76 bits per heavy atom. The van der Waals surface area contributed by atoms with Gasteiger partial charge in [0.25, 0.3) is 5.91 Å². The highest BCUT2D eigenvalue weighted by Gasteiger charge is 2.11. The number of ether oxygens (including phenoxy) is 1. The molecule has 9 heteroatoms. The number of aromatic nitrogens is 4. The minimum atomic E-state index is -0.293. The van der Waals surface area contributed by atoms with E-state index >= 15 is 0 Å². The van der Waals surface area contributed by atoms with Crippen LogP contribution in [0, 0.1) is 6.92 Å². The van der Waals surface area contributed by atoms with Crippen LogP contribution in [0.4, 0.5) is 17.3 Å². The van der Waals surface area contributed by atoms with Gasteiger partial charge in [0.1, 0.15) is 0 Å². The highest BCUT2D eigenvalue weighted by atomic mass is 16.5. The van der Waals surface area contributed by atoms with E-state index in [1.807, 2.05) is 43.3 Å². The monoisotopic (exact) mass is 456 g/mol. The Kier molecular flexibility index (Phi) is 7.36. The number of anilines is 3. The van der Waals surface area contributed by atoms with Gasteiger partial charge in [0, 0.05) is 66.4 Å². The zero-order valence-electron chi connectivity index (χ0n) is 18.6. The van der Waals surface area contributed by atoms with Gasteiger partial charge in [-0.05, 0) is 48.9 Å². The van der Waals surface area contributed by atoms with Crippen molar-refractivity contribution >= 4 is 23.2 Å². The van der Waals surface area contributed by atoms with Crippen molar-refractivity contribution in [2.24, 2.45) is 0 Å². The predicted octanol–water partition coefficient (Wildman–Crippen LogP) is 4.00. The van der Waals surface area contributed by atoms with Crippen LogP contribution < -0.4 is 15.4 Å². The Bertz CT molecular complexity index is 1270. The third kappa shape index (κ3) is 5.90. The first-order valence-electron chi connectivity index (χ1n) is 10.7. The summed E-state index contributed by atoms with van der Waals surface area (Å²) in [5.41, 5.74) is 4.41. The van der Waals surface area contributed by atoms with Crippen LogP contribution in [0.3, 0.4) is 0 Å². The van der Waals surface area contributed by atoms with Gasteiger partial charge in [-0.2, -0.15) is 0 Å². The summed E-state index contributed by atoms with van der Waals surface area (Å²) in [6, 6.07) is 14.3. The lowest BCUT2D eigenvalue weighted by Gasteiger charge is -2.12. The molecule has 4 aromatic rings. The number of hydrogen-bond donors (Lipinski definition) is 3. The van der Waals surface area contributed by atoms with Crippen molar-refractivity contribution in [1.29, 1.82) is 0 Å². The second-order valence-corrected chi connectivity index (χ2v) is 7.42. The average Bonchev–Trinajstić information content (AvgIpc) is 2.87. The van der Waals surface area contributed by atoms with Crippen LogP contribution in [0.1, 0.15) is 22.3 Å². The summed E-state index contributed by atoms with van der Waals surface area (Å²) in [7, 11) is 0. The first-order chi connectivity index (χ1) is 16.6. The Morgan fingerprint density at radius 2 is 1.94 bits per heavy atom. The molecule has 0 aliphatic heterocycles. The summed E-state index contributed by atoms with van der Waals surface area (Å²) in [6.45, 7) is 2.31. The number of nitrogens with zero attached hydrogens (tertiary/aromatic N) is 4. The van der Waals surface area contributed by atoms with E-state index in [0.29, 0.717) is 36.1 Å². The minimum absolute atomic E-state index is 0.0305. The van der Waals surface area contributed by atoms with Crippen LogP contribution in [0.15, 0.2) is 73.3 Å². The maximum Gasteiger partial charge on any atom is 0.255 e. The lowest BCUT2D eigenvalue weighted by molar-refractivity contribution is 0.102. The lowest BCUT2D eigenvalue weighted by Crippen LogP contribution is -2.13. The number of rotatable bonds is 9. The summed E-state index contributed by atoms with van der Waals surface area (Å²) in [4.78, 5) is 29.9. The van der Waals surface area contributed by atoms with E-state index in [0.717, 1.165) is 22.5 Å². The number of carbonyl (C=O) groups is 1. The summed E-state index contributed by atoms with van der Waals surface area (Å²) in [5.74, 6) is 0.476. The molecule has 172 valence electrons. The van der Waals surface area contributed by atoms with Gasteiger partial charge >= 0.3 is 0 Å². The topological polar surface area (TPSA) is 122 Å². The Balaban J connectivity index is 1.48. The molecule has 3 heterocycles. The van der Waals surface area contributed by atoms with Crippen LogP contribution in [0.25, 0.3) is 11.3 Å². The van der Waals surface area contributed by atoms with Gasteiger partial charge in [-0.3, -0.25) is 9.78 Å². The van der Waals surface area contributed by atoms with Gasteiger partial charge in [-0.15, -0.1) is 0 Å². The van der Waals surface area contributed by atoms with E-state index in [1.165, 1.54) is 6.20 Å². The average molecular weight is 457 g/mol. The molecule has 0 atom stereocenters. The fourth-order valence-corrected chi connectivity index (χ4v) is 3.12. The van der Waals surface area contributed by atoms with Crippen molar-refractivity contribution in [3.63, 3.8) is 0 Å². The largest absolute Gasteiger partial charge is 0.478 e. The number of benzene rings is 1. The zero-order valence-corrected chi connectivity index (χ0v) is 18.6. The van der Waals surface area contributed by atoms with Gasteiger partial charge in [-0.25, -0.2) is 15.0 Å². The van der Waals surface area contributed by atoms with Gasteiger partial charge in [0.05, 0.1) is 12.3 Å². The van der Waals surface area contributed by atoms with Crippen LogP contribution in [-0.2, 0) is 0 Å². The second kappa shape index (κ2) is 11.0. The SMILES string of the molecule is Cc1ccc(NC(=O)c2ccnc(OCCCO)c2)cc1Nc1nccc(-c2cccnc2)n1. The maximum atomic E-state index is 12.8. The number of carbonyl (C=O) groups excluding carboxylic acids is 1. The number of aliphatic hydroxyl groups excluding tert-OH is 1. The third-order valence-electron chi connectivity index (χ3n) is 4.90. The van der Waals surface area contributed by atoms with E-state index in [2.05, 4.69) is 30.6 Å². The van der Waals surface area contributed by atoms with E-state index < -0.39 is 0 Å². The Morgan fingerprint density at radius 1 is 1.06 bits per heavy atom. The van der Waals surface area contributed by atoms with Crippen LogP contribution in [-0.4, -0.2) is 44.2 Å². The molecule has 1 amide bonds. The number of nitrogens with one attached hydrogen (secondary N) is 2. The molecule has 0 aliphatic rings. The highest BCUT2D eigenvalue weighted by molar-refractivity contribution is 6.04. The molecule has 9 nitrogen and oxygen atoms in total. The maximum absolute atomic E-state index is 12.8. The first kappa shape index (κ1) is 22.8. The molecule has 3 N–H and O–H groups in total. The minimum Gasteiger partial charge on any atom is -0.478 e. The Labute approximate surface area is 196 Å². The smallest absolute Gasteiger partial charge is 0.255 e. The lowest BCUT2D eigenvalue weighted by atomic mass is 10.1. The molecule has 3 aromatic heterocycles. The van der Waals surface area contributed by atoms with Crippen molar-refractivity contribution in [3.05, 3.63) is 84.4 Å². The standard InChI is InChI=1S/C25H24N6O3/c1-17-5-6-20(29-24(33)18-7-10-27-23(14-18)34-13-3-12-32)15-22(17)31-25-28-11-8-21(30-25)19-4-2-9-26-16-19/h2,4-11,14-16,32H,3,12-13H2,1H3,(H,29,33)(H,28,30,31). The molecule has 0 unspecified atom stereocenters. The molecular weight excluding hydrogens is 432 g/mol. The molecule has 1 aromatic carbocycles. The number of hydrogen-bond acceptors (Lipinski definition) is 8. The van der Waals surface area contributed by atoms with Crippen molar-refractivity contribution < 1.29 is 14.6 Å². The molecule has 0 fully saturated rings. The van der Waals surface area contributed by atoms with E-state index in [4.69, 9.17) is 9.84 Å². The Hall–Kier alpha value is -4.37. The van der Waals surface area contributed by atoms with Crippen LogP contribution in [0.5, 0.6) is 5.88 Å². The molecule has 4 rings (SSSR count). The normalized spacial score (nSPS) is 10.5. The van der Waals surface area contributed by atoms with Gasteiger partial charge < -0.3 is 20.5 Å². The first-order valence-corrected chi connectivity index (χ1v) is 10.7. The van der Waals surface area contributed by atoms with Crippen LogP contribution >= 0.6 is 0 Å². The van der Waals surface area contributed by atoms with Crippen LogP contribution in [0.2, 0.25) is 0 Å². The van der Waals surface area contributed by atoms with E-state index in [1.54, 1.807) is 30.7 Å². The fraction of sp³-hybridized carbons (Fsp3) is 0.160. The molecule has 0 bridgehead atoms. The highest BCUT2D eigenvalue weighted by Crippen LogP contribution is 2.25.